The van der Waals surface area contributed by atoms with Crippen LogP contribution in [0.1, 0.15) is 36.7 Å². The maximum Gasteiger partial charge on any atom is 0.179 e. The molecule has 0 aliphatic carbocycles. The third-order valence-electron chi connectivity index (χ3n) is 3.03. The number of likely N-dealkylation sites (N-methyl/N-ethyl adjacent to an activating group) is 1. The number of ketones is 1. The first kappa shape index (κ1) is 13.9. The maximum absolute atomic E-state index is 12.2. The van der Waals surface area contributed by atoms with E-state index in [4.69, 9.17) is 0 Å². The molecule has 1 unspecified atom stereocenters. The van der Waals surface area contributed by atoms with Gasteiger partial charge in [-0.1, -0.05) is 43.7 Å². The molecule has 0 N–H and O–H groups in total. The van der Waals surface area contributed by atoms with E-state index in [9.17, 15) is 4.79 Å². The predicted molar refractivity (Wildman–Crippen MR) is 72.4 cm³/mol. The minimum Gasteiger partial charge on any atom is -0.296 e. The van der Waals surface area contributed by atoms with E-state index in [1.807, 2.05) is 45.2 Å². The van der Waals surface area contributed by atoms with Gasteiger partial charge in [-0.25, -0.2) is 0 Å². The zero-order chi connectivity index (χ0) is 13.0. The van der Waals surface area contributed by atoms with Crippen molar-refractivity contribution >= 4 is 5.78 Å². The van der Waals surface area contributed by atoms with Crippen LogP contribution in [0.25, 0.3) is 0 Å². The topological polar surface area (TPSA) is 20.3 Å². The second-order valence-electron chi connectivity index (χ2n) is 5.24. The lowest BCUT2D eigenvalue weighted by Gasteiger charge is -2.25. The molecule has 94 valence electrons. The quantitative estimate of drug-likeness (QED) is 0.728. The van der Waals surface area contributed by atoms with Gasteiger partial charge in [-0.15, -0.1) is 0 Å². The lowest BCUT2D eigenvalue weighted by atomic mass is 10.0. The van der Waals surface area contributed by atoms with Gasteiger partial charge in [-0.05, 0) is 26.8 Å². The van der Waals surface area contributed by atoms with Crippen molar-refractivity contribution in [2.45, 2.75) is 33.7 Å². The van der Waals surface area contributed by atoms with Crippen LogP contribution in [-0.4, -0.2) is 30.3 Å². The molecule has 17 heavy (non-hydrogen) atoms. The van der Waals surface area contributed by atoms with E-state index in [-0.39, 0.29) is 11.8 Å². The Hall–Kier alpha value is -1.15. The number of carbonyl (C=O) groups is 1. The van der Waals surface area contributed by atoms with Gasteiger partial charge in [0.2, 0.25) is 0 Å². The van der Waals surface area contributed by atoms with Crippen molar-refractivity contribution in [3.63, 3.8) is 0 Å². The van der Waals surface area contributed by atoms with E-state index in [1.165, 1.54) is 5.56 Å². The van der Waals surface area contributed by atoms with Gasteiger partial charge >= 0.3 is 0 Å². The zero-order valence-corrected chi connectivity index (χ0v) is 11.5. The third kappa shape index (κ3) is 3.97. The summed E-state index contributed by atoms with van der Waals surface area (Å²) in [6.45, 7) is 9.28. The minimum atomic E-state index is -0.0555. The van der Waals surface area contributed by atoms with Crippen molar-refractivity contribution in [3.05, 3.63) is 35.4 Å². The number of hydrogen-bond acceptors (Lipinski definition) is 2. The maximum atomic E-state index is 12.2. The molecule has 0 aliphatic heterocycles. The molecule has 0 bridgehead atoms. The lowest BCUT2D eigenvalue weighted by Crippen LogP contribution is -2.38. The number of hydrogen-bond donors (Lipinski definition) is 0. The minimum absolute atomic E-state index is 0.0555. The van der Waals surface area contributed by atoms with E-state index in [0.717, 1.165) is 12.1 Å². The monoisotopic (exact) mass is 233 g/mol. The Balaban J connectivity index is 2.72. The molecule has 1 atom stereocenters. The van der Waals surface area contributed by atoms with Crippen molar-refractivity contribution in [1.82, 2.24) is 4.90 Å². The van der Waals surface area contributed by atoms with Gasteiger partial charge < -0.3 is 0 Å². The zero-order valence-electron chi connectivity index (χ0n) is 11.5. The van der Waals surface area contributed by atoms with Crippen LogP contribution in [0, 0.1) is 12.8 Å². The molecule has 1 aromatic carbocycles. The molecule has 0 spiro atoms. The summed E-state index contributed by atoms with van der Waals surface area (Å²) in [7, 11) is 2.01. The number of benzene rings is 1. The van der Waals surface area contributed by atoms with E-state index >= 15 is 0 Å². The summed E-state index contributed by atoms with van der Waals surface area (Å²) in [5, 5.41) is 0. The first-order valence-corrected chi connectivity index (χ1v) is 6.23. The Morgan fingerprint density at radius 1 is 1.18 bits per heavy atom. The highest BCUT2D eigenvalue weighted by atomic mass is 16.1. The molecule has 1 rings (SSSR count). The van der Waals surface area contributed by atoms with Crippen LogP contribution in [0.3, 0.4) is 0 Å². The van der Waals surface area contributed by atoms with Crippen LogP contribution < -0.4 is 0 Å². The fourth-order valence-corrected chi connectivity index (χ4v) is 1.89. The number of rotatable bonds is 5. The van der Waals surface area contributed by atoms with Crippen molar-refractivity contribution in [1.29, 1.82) is 0 Å². The summed E-state index contributed by atoms with van der Waals surface area (Å²) in [5.41, 5.74) is 1.99. The summed E-state index contributed by atoms with van der Waals surface area (Å²) < 4.78 is 0. The van der Waals surface area contributed by atoms with Crippen LogP contribution in [0.2, 0.25) is 0 Å². The number of aryl methyl sites for hydroxylation is 1. The standard InChI is InChI=1S/C15H23NO/c1-11(2)10-16(5)13(4)15(17)14-8-6-12(3)7-9-14/h6-9,11,13H,10H2,1-5H3. The molecule has 2 heteroatoms. The Morgan fingerprint density at radius 2 is 1.71 bits per heavy atom. The number of Topliss-reactive ketones (excluding diaryl/α,β-unsaturated/α-hetero) is 1. The Morgan fingerprint density at radius 3 is 2.18 bits per heavy atom. The SMILES string of the molecule is Cc1ccc(C(=O)C(C)N(C)CC(C)C)cc1. The largest absolute Gasteiger partial charge is 0.296 e. The number of nitrogens with zero attached hydrogens (tertiary/aromatic N) is 1. The molecule has 0 aliphatic rings. The first-order chi connectivity index (χ1) is 7.91. The molecule has 2 nitrogen and oxygen atoms in total. The first-order valence-electron chi connectivity index (χ1n) is 6.23. The normalized spacial score (nSPS) is 13.1. The van der Waals surface area contributed by atoms with E-state index in [1.54, 1.807) is 0 Å². The second-order valence-corrected chi connectivity index (χ2v) is 5.24. The molecule has 0 fully saturated rings. The fourth-order valence-electron chi connectivity index (χ4n) is 1.89. The summed E-state index contributed by atoms with van der Waals surface area (Å²) in [4.78, 5) is 14.4. The summed E-state index contributed by atoms with van der Waals surface area (Å²) >= 11 is 0. The molecule has 0 saturated heterocycles. The molecule has 0 saturated carbocycles. The smallest absolute Gasteiger partial charge is 0.179 e. The Kier molecular flexibility index (Phi) is 4.88. The van der Waals surface area contributed by atoms with Gasteiger partial charge in [-0.3, -0.25) is 9.69 Å². The molecule has 1 aromatic rings. The van der Waals surface area contributed by atoms with Crippen molar-refractivity contribution in [2.75, 3.05) is 13.6 Å². The molecule has 0 radical (unpaired) electrons. The summed E-state index contributed by atoms with van der Waals surface area (Å²) in [5.74, 6) is 0.779. The van der Waals surface area contributed by atoms with Crippen LogP contribution in [0.15, 0.2) is 24.3 Å². The fraction of sp³-hybridized carbons (Fsp3) is 0.533. The molecule has 0 aromatic heterocycles. The predicted octanol–water partition coefficient (Wildman–Crippen LogP) is 3.15. The Bertz CT molecular complexity index is 367. The lowest BCUT2D eigenvalue weighted by molar-refractivity contribution is 0.0857. The second kappa shape index (κ2) is 5.97. The highest BCUT2D eigenvalue weighted by Gasteiger charge is 2.19. The highest BCUT2D eigenvalue weighted by Crippen LogP contribution is 2.10. The number of carbonyl (C=O) groups excluding carboxylic acids is 1. The van der Waals surface area contributed by atoms with Gasteiger partial charge in [0.15, 0.2) is 5.78 Å². The van der Waals surface area contributed by atoms with Crippen molar-refractivity contribution < 1.29 is 4.79 Å². The van der Waals surface area contributed by atoms with Gasteiger partial charge in [0.1, 0.15) is 0 Å². The Labute approximate surface area is 105 Å². The highest BCUT2D eigenvalue weighted by molar-refractivity contribution is 5.99. The van der Waals surface area contributed by atoms with Gasteiger partial charge in [0.25, 0.3) is 0 Å². The van der Waals surface area contributed by atoms with Crippen LogP contribution in [0.5, 0.6) is 0 Å². The van der Waals surface area contributed by atoms with Gasteiger partial charge in [-0.2, -0.15) is 0 Å². The van der Waals surface area contributed by atoms with Crippen molar-refractivity contribution in [2.24, 2.45) is 5.92 Å². The summed E-state index contributed by atoms with van der Waals surface area (Å²) in [6.07, 6.45) is 0. The van der Waals surface area contributed by atoms with E-state index in [2.05, 4.69) is 18.7 Å². The van der Waals surface area contributed by atoms with Crippen LogP contribution >= 0.6 is 0 Å². The molecule has 0 amide bonds. The van der Waals surface area contributed by atoms with Gasteiger partial charge in [0.05, 0.1) is 6.04 Å². The van der Waals surface area contributed by atoms with Crippen molar-refractivity contribution in [3.8, 4) is 0 Å². The van der Waals surface area contributed by atoms with E-state index < -0.39 is 0 Å². The van der Waals surface area contributed by atoms with Crippen LogP contribution in [0.4, 0.5) is 0 Å². The third-order valence-corrected chi connectivity index (χ3v) is 3.03. The van der Waals surface area contributed by atoms with Gasteiger partial charge in [0, 0.05) is 12.1 Å². The molecular formula is C15H23NO. The molecule has 0 heterocycles. The average molecular weight is 233 g/mol. The van der Waals surface area contributed by atoms with E-state index in [0.29, 0.717) is 5.92 Å². The van der Waals surface area contributed by atoms with Crippen LogP contribution in [-0.2, 0) is 0 Å². The summed E-state index contributed by atoms with van der Waals surface area (Å²) in [6, 6.07) is 7.75. The average Bonchev–Trinajstić information content (AvgIpc) is 2.27. The molecular weight excluding hydrogens is 210 g/mol.